The minimum atomic E-state index is -0.123. The number of benzene rings is 1. The van der Waals surface area contributed by atoms with Crippen LogP contribution in [-0.4, -0.2) is 22.9 Å². The van der Waals surface area contributed by atoms with Crippen LogP contribution in [0.15, 0.2) is 58.2 Å². The van der Waals surface area contributed by atoms with Crippen molar-refractivity contribution in [2.75, 3.05) is 5.75 Å². The van der Waals surface area contributed by atoms with Crippen molar-refractivity contribution in [2.24, 2.45) is 5.10 Å². The van der Waals surface area contributed by atoms with Gasteiger partial charge in [0.25, 0.3) is 0 Å². The fourth-order valence-corrected chi connectivity index (χ4v) is 2.76. The number of carbonyl (C=O) groups excluding carboxylic acids is 1. The van der Waals surface area contributed by atoms with E-state index >= 15 is 0 Å². The molecule has 0 bridgehead atoms. The van der Waals surface area contributed by atoms with Gasteiger partial charge in [-0.25, -0.2) is 5.43 Å². The number of carbonyl (C=O) groups is 1. The largest absolute Gasteiger partial charge is 0.272 e. The lowest BCUT2D eigenvalue weighted by Crippen LogP contribution is -2.19. The molecule has 1 aromatic heterocycles. The van der Waals surface area contributed by atoms with Crippen LogP contribution in [0, 0.1) is 0 Å². The molecule has 0 aliphatic rings. The number of hydrazone groups is 1. The summed E-state index contributed by atoms with van der Waals surface area (Å²) in [4.78, 5) is 15.7. The molecule has 6 heteroatoms. The van der Waals surface area contributed by atoms with Gasteiger partial charge in [0.1, 0.15) is 0 Å². The van der Waals surface area contributed by atoms with Crippen LogP contribution < -0.4 is 5.43 Å². The zero-order chi connectivity index (χ0) is 14.9. The Bertz CT molecular complexity index is 619. The highest BCUT2D eigenvalue weighted by molar-refractivity contribution is 9.10. The minimum Gasteiger partial charge on any atom is -0.272 e. The number of thioether (sulfide) groups is 1. The second kappa shape index (κ2) is 8.59. The first-order valence-corrected chi connectivity index (χ1v) is 8.24. The molecule has 2 rings (SSSR count). The van der Waals surface area contributed by atoms with Crippen LogP contribution in [-0.2, 0) is 10.5 Å². The van der Waals surface area contributed by atoms with Gasteiger partial charge in [-0.15, -0.1) is 11.8 Å². The van der Waals surface area contributed by atoms with Crippen LogP contribution in [0.2, 0.25) is 0 Å². The molecule has 4 nitrogen and oxygen atoms in total. The normalized spacial score (nSPS) is 10.7. The van der Waals surface area contributed by atoms with Crippen molar-refractivity contribution < 1.29 is 4.79 Å². The monoisotopic (exact) mass is 363 g/mol. The first-order chi connectivity index (χ1) is 10.2. The summed E-state index contributed by atoms with van der Waals surface area (Å²) in [5.41, 5.74) is 4.38. The predicted octanol–water partition coefficient (Wildman–Crippen LogP) is 3.23. The number of hydrogen-bond donors (Lipinski definition) is 1. The molecule has 1 N–H and O–H groups in total. The van der Waals surface area contributed by atoms with E-state index in [2.05, 4.69) is 31.4 Å². The summed E-state index contributed by atoms with van der Waals surface area (Å²) in [5.74, 6) is 1.03. The van der Waals surface area contributed by atoms with E-state index in [-0.39, 0.29) is 5.91 Å². The molecule has 0 aliphatic carbocycles. The third-order valence-electron chi connectivity index (χ3n) is 2.46. The van der Waals surface area contributed by atoms with Crippen LogP contribution in [0.1, 0.15) is 11.3 Å². The van der Waals surface area contributed by atoms with Gasteiger partial charge in [-0.3, -0.25) is 9.78 Å². The van der Waals surface area contributed by atoms with E-state index in [1.54, 1.807) is 18.0 Å². The Morgan fingerprint density at radius 1 is 1.33 bits per heavy atom. The van der Waals surface area contributed by atoms with E-state index in [1.165, 1.54) is 11.8 Å². The van der Waals surface area contributed by atoms with Crippen molar-refractivity contribution in [3.05, 3.63) is 64.4 Å². The quantitative estimate of drug-likeness (QED) is 0.633. The maximum Gasteiger partial charge on any atom is 0.250 e. The van der Waals surface area contributed by atoms with E-state index in [4.69, 9.17) is 0 Å². The first kappa shape index (κ1) is 15.7. The van der Waals surface area contributed by atoms with Crippen LogP contribution in [0.3, 0.4) is 0 Å². The van der Waals surface area contributed by atoms with Gasteiger partial charge in [0, 0.05) is 16.4 Å². The molecular formula is C15H14BrN3OS. The van der Waals surface area contributed by atoms with E-state index in [1.807, 2.05) is 42.5 Å². The molecule has 0 spiro atoms. The summed E-state index contributed by atoms with van der Waals surface area (Å²) in [7, 11) is 0. The number of aromatic nitrogens is 1. The molecule has 0 saturated heterocycles. The summed E-state index contributed by atoms with van der Waals surface area (Å²) in [6, 6.07) is 13.6. The van der Waals surface area contributed by atoms with Crippen molar-refractivity contribution in [1.82, 2.24) is 10.4 Å². The number of rotatable bonds is 6. The van der Waals surface area contributed by atoms with Gasteiger partial charge in [-0.2, -0.15) is 5.10 Å². The third kappa shape index (κ3) is 6.10. The number of halogens is 1. The summed E-state index contributed by atoms with van der Waals surface area (Å²) in [6.07, 6.45) is 3.20. The molecule has 0 unspecified atom stereocenters. The molecule has 0 saturated carbocycles. The van der Waals surface area contributed by atoms with Gasteiger partial charge >= 0.3 is 0 Å². The topological polar surface area (TPSA) is 54.4 Å². The summed E-state index contributed by atoms with van der Waals surface area (Å²) in [5, 5.41) is 3.87. The number of amides is 1. The zero-order valence-corrected chi connectivity index (χ0v) is 13.6. The average molecular weight is 364 g/mol. The summed E-state index contributed by atoms with van der Waals surface area (Å²) in [6.45, 7) is 0. The van der Waals surface area contributed by atoms with Crippen LogP contribution >= 0.6 is 27.7 Å². The molecule has 1 heterocycles. The Labute approximate surface area is 136 Å². The smallest absolute Gasteiger partial charge is 0.250 e. The summed E-state index contributed by atoms with van der Waals surface area (Å²) >= 11 is 4.97. The molecule has 108 valence electrons. The fraction of sp³-hybridized carbons (Fsp3) is 0.133. The van der Waals surface area contributed by atoms with Crippen molar-refractivity contribution in [1.29, 1.82) is 0 Å². The van der Waals surface area contributed by atoms with E-state index in [0.29, 0.717) is 11.4 Å². The maximum absolute atomic E-state index is 11.6. The average Bonchev–Trinajstić information content (AvgIpc) is 2.48. The number of pyridine rings is 1. The molecule has 1 aromatic carbocycles. The Kier molecular flexibility index (Phi) is 6.43. The fourth-order valence-electron chi connectivity index (χ4n) is 1.54. The standard InChI is InChI=1S/C15H14BrN3OS/c16-13-5-3-4-12(8-13)10-21-11-15(20)19-18-9-14-6-1-2-7-17-14/h1-9H,10-11H2,(H,19,20)/b18-9-. The molecular weight excluding hydrogens is 350 g/mol. The molecule has 1 amide bonds. The first-order valence-electron chi connectivity index (χ1n) is 6.29. The Morgan fingerprint density at radius 2 is 2.24 bits per heavy atom. The SMILES string of the molecule is O=C(CSCc1cccc(Br)c1)N/N=C\c1ccccn1. The van der Waals surface area contributed by atoms with Gasteiger partial charge in [0.2, 0.25) is 5.91 Å². The van der Waals surface area contributed by atoms with Crippen molar-refractivity contribution in [2.45, 2.75) is 5.75 Å². The highest BCUT2D eigenvalue weighted by atomic mass is 79.9. The molecule has 0 atom stereocenters. The van der Waals surface area contributed by atoms with Crippen molar-refractivity contribution >= 4 is 39.8 Å². The maximum atomic E-state index is 11.6. The Hall–Kier alpha value is -1.66. The Morgan fingerprint density at radius 3 is 3.00 bits per heavy atom. The van der Waals surface area contributed by atoms with Gasteiger partial charge in [-0.1, -0.05) is 34.1 Å². The van der Waals surface area contributed by atoms with Crippen LogP contribution in [0.5, 0.6) is 0 Å². The number of hydrogen-bond acceptors (Lipinski definition) is 4. The van der Waals surface area contributed by atoms with Gasteiger partial charge in [-0.05, 0) is 29.8 Å². The molecule has 0 fully saturated rings. The molecule has 0 aliphatic heterocycles. The van der Waals surface area contributed by atoms with Gasteiger partial charge in [0.15, 0.2) is 0 Å². The third-order valence-corrected chi connectivity index (χ3v) is 3.96. The minimum absolute atomic E-state index is 0.123. The van der Waals surface area contributed by atoms with Gasteiger partial charge < -0.3 is 0 Å². The lowest BCUT2D eigenvalue weighted by Gasteiger charge is -2.02. The second-order valence-corrected chi connectivity index (χ2v) is 6.07. The highest BCUT2D eigenvalue weighted by Crippen LogP contribution is 2.16. The highest BCUT2D eigenvalue weighted by Gasteiger charge is 2.01. The number of nitrogens with zero attached hydrogens (tertiary/aromatic N) is 2. The van der Waals surface area contributed by atoms with Crippen molar-refractivity contribution in [3.63, 3.8) is 0 Å². The predicted molar refractivity (Wildman–Crippen MR) is 90.3 cm³/mol. The molecule has 21 heavy (non-hydrogen) atoms. The molecule has 2 aromatic rings. The van der Waals surface area contributed by atoms with E-state index in [9.17, 15) is 4.79 Å². The lowest BCUT2D eigenvalue weighted by atomic mass is 10.2. The summed E-state index contributed by atoms with van der Waals surface area (Å²) < 4.78 is 1.05. The second-order valence-electron chi connectivity index (χ2n) is 4.17. The molecule has 0 radical (unpaired) electrons. The van der Waals surface area contributed by atoms with E-state index < -0.39 is 0 Å². The van der Waals surface area contributed by atoms with Crippen LogP contribution in [0.25, 0.3) is 0 Å². The van der Waals surface area contributed by atoms with Crippen LogP contribution in [0.4, 0.5) is 0 Å². The zero-order valence-electron chi connectivity index (χ0n) is 11.2. The van der Waals surface area contributed by atoms with Gasteiger partial charge in [0.05, 0.1) is 17.7 Å². The number of nitrogens with one attached hydrogen (secondary N) is 1. The van der Waals surface area contributed by atoms with Crippen molar-refractivity contribution in [3.8, 4) is 0 Å². The Balaban J connectivity index is 1.69. The van der Waals surface area contributed by atoms with E-state index in [0.717, 1.165) is 10.2 Å². The lowest BCUT2D eigenvalue weighted by molar-refractivity contribution is -0.118.